The van der Waals surface area contributed by atoms with Crippen LogP contribution in [0.3, 0.4) is 0 Å². The zero-order valence-electron chi connectivity index (χ0n) is 19.5. The van der Waals surface area contributed by atoms with Gasteiger partial charge in [-0.05, 0) is 86.2 Å². The zero-order valence-corrected chi connectivity index (χ0v) is 20.3. The van der Waals surface area contributed by atoms with Crippen molar-refractivity contribution in [3.8, 4) is 0 Å². The molecular formula is C24H35F3N2O3S. The van der Waals surface area contributed by atoms with Crippen molar-refractivity contribution < 1.29 is 22.8 Å². The van der Waals surface area contributed by atoms with Gasteiger partial charge in [0.25, 0.3) is 0 Å². The summed E-state index contributed by atoms with van der Waals surface area (Å²) in [6.07, 6.45) is 3.06. The highest BCUT2D eigenvalue weighted by Crippen LogP contribution is 2.66. The van der Waals surface area contributed by atoms with Crippen molar-refractivity contribution in [3.05, 3.63) is 4.91 Å². The van der Waals surface area contributed by atoms with Crippen molar-refractivity contribution in [1.29, 1.82) is 0 Å². The SMILES string of the molecule is C[C@]12CC[C@@H](SCCCNC(=O)C(F)(F)F)CC1C(N=O)C[C@@H]1[C@@H]2CC[C@]2(C)C(=O)CC[C@@H]12. The third kappa shape index (κ3) is 4.47. The van der Waals surface area contributed by atoms with Gasteiger partial charge in [0.1, 0.15) is 5.78 Å². The van der Waals surface area contributed by atoms with Crippen LogP contribution in [-0.4, -0.2) is 41.5 Å². The largest absolute Gasteiger partial charge is 0.471 e. The molecule has 4 aliphatic rings. The number of nitrogens with one attached hydrogen (secondary N) is 1. The second kappa shape index (κ2) is 9.15. The second-order valence-electron chi connectivity index (χ2n) is 11.2. The quantitative estimate of drug-likeness (QED) is 0.395. The van der Waals surface area contributed by atoms with Gasteiger partial charge in [-0.15, -0.1) is 0 Å². The topological polar surface area (TPSA) is 75.6 Å². The van der Waals surface area contributed by atoms with E-state index in [0.29, 0.717) is 47.4 Å². The molecule has 0 bridgehead atoms. The van der Waals surface area contributed by atoms with Crippen LogP contribution >= 0.6 is 11.8 Å². The van der Waals surface area contributed by atoms with Crippen LogP contribution in [0.1, 0.15) is 71.6 Å². The molecule has 0 saturated heterocycles. The lowest BCUT2D eigenvalue weighted by molar-refractivity contribution is -0.173. The fourth-order valence-corrected chi connectivity index (χ4v) is 9.20. The van der Waals surface area contributed by atoms with Gasteiger partial charge in [-0.3, -0.25) is 9.59 Å². The molecule has 4 aliphatic carbocycles. The van der Waals surface area contributed by atoms with E-state index < -0.39 is 12.1 Å². The third-order valence-electron chi connectivity index (χ3n) is 9.69. The van der Waals surface area contributed by atoms with Crippen molar-refractivity contribution in [2.75, 3.05) is 12.3 Å². The molecule has 4 fully saturated rings. The summed E-state index contributed by atoms with van der Waals surface area (Å²) in [6, 6.07) is -0.219. The summed E-state index contributed by atoms with van der Waals surface area (Å²) >= 11 is 1.75. The molecule has 0 radical (unpaired) electrons. The number of hydrogen-bond acceptors (Lipinski definition) is 5. The number of halogens is 3. The minimum absolute atomic E-state index is 0.0142. The monoisotopic (exact) mass is 488 g/mol. The third-order valence-corrected chi connectivity index (χ3v) is 11.1. The van der Waals surface area contributed by atoms with Crippen LogP contribution in [0.25, 0.3) is 0 Å². The Hall–Kier alpha value is -1.12. The fourth-order valence-electron chi connectivity index (χ4n) is 7.93. The summed E-state index contributed by atoms with van der Waals surface area (Å²) in [5, 5.41) is 5.90. The maximum absolute atomic E-state index is 12.6. The Morgan fingerprint density at radius 1 is 1.12 bits per heavy atom. The molecule has 0 aromatic rings. The van der Waals surface area contributed by atoms with Gasteiger partial charge < -0.3 is 5.32 Å². The van der Waals surface area contributed by atoms with E-state index in [0.717, 1.165) is 44.9 Å². The van der Waals surface area contributed by atoms with Crippen LogP contribution in [0.15, 0.2) is 5.18 Å². The zero-order chi connectivity index (χ0) is 24.0. The van der Waals surface area contributed by atoms with Crippen LogP contribution in [0.4, 0.5) is 13.2 Å². The summed E-state index contributed by atoms with van der Waals surface area (Å²) < 4.78 is 36.8. The predicted octanol–water partition coefficient (Wildman–Crippen LogP) is 5.51. The molecule has 0 heterocycles. The molecule has 8 atom stereocenters. The number of carbonyl (C=O) groups is 2. The maximum Gasteiger partial charge on any atom is 0.471 e. The van der Waals surface area contributed by atoms with Gasteiger partial charge in [0.05, 0.1) is 6.04 Å². The summed E-state index contributed by atoms with van der Waals surface area (Å²) in [5.74, 6) is 0.748. The number of amides is 1. The lowest BCUT2D eigenvalue weighted by Crippen LogP contribution is -2.57. The van der Waals surface area contributed by atoms with Gasteiger partial charge in [-0.25, -0.2) is 0 Å². The molecule has 9 heteroatoms. The van der Waals surface area contributed by atoms with Crippen molar-refractivity contribution in [1.82, 2.24) is 5.32 Å². The molecule has 0 spiro atoms. The Labute approximate surface area is 197 Å². The first-order valence-corrected chi connectivity index (χ1v) is 13.4. The Morgan fingerprint density at radius 2 is 1.88 bits per heavy atom. The van der Waals surface area contributed by atoms with Gasteiger partial charge in [0.2, 0.25) is 0 Å². The average molecular weight is 489 g/mol. The molecule has 2 unspecified atom stereocenters. The Balaban J connectivity index is 1.35. The molecule has 0 aliphatic heterocycles. The highest BCUT2D eigenvalue weighted by molar-refractivity contribution is 7.99. The number of alkyl halides is 3. The molecule has 1 N–H and O–H groups in total. The van der Waals surface area contributed by atoms with Crippen molar-refractivity contribution >= 4 is 23.5 Å². The highest BCUT2D eigenvalue weighted by atomic mass is 32.2. The van der Waals surface area contributed by atoms with E-state index in [4.69, 9.17) is 0 Å². The van der Waals surface area contributed by atoms with Crippen LogP contribution < -0.4 is 5.32 Å². The molecule has 1 amide bonds. The van der Waals surface area contributed by atoms with E-state index >= 15 is 0 Å². The smallest absolute Gasteiger partial charge is 0.348 e. The van der Waals surface area contributed by atoms with E-state index in [1.807, 2.05) is 5.32 Å². The van der Waals surface area contributed by atoms with Gasteiger partial charge in [0, 0.05) is 23.6 Å². The average Bonchev–Trinajstić information content (AvgIpc) is 3.07. The van der Waals surface area contributed by atoms with E-state index in [-0.39, 0.29) is 29.3 Å². The number of nitrogens with zero attached hydrogens (tertiary/aromatic N) is 1. The molecule has 186 valence electrons. The Morgan fingerprint density at radius 3 is 2.58 bits per heavy atom. The number of thioether (sulfide) groups is 1. The molecule has 4 saturated carbocycles. The summed E-state index contributed by atoms with van der Waals surface area (Å²) in [5.41, 5.74) is -0.154. The first kappa shape index (κ1) is 25.0. The number of rotatable bonds is 6. The number of ketones is 1. The van der Waals surface area contributed by atoms with Crippen molar-refractivity contribution in [2.24, 2.45) is 39.7 Å². The van der Waals surface area contributed by atoms with Crippen molar-refractivity contribution in [3.63, 3.8) is 0 Å². The molecule has 5 nitrogen and oxygen atoms in total. The standard InChI is InChI=1S/C24H35F3N2O3S/c1-22-8-6-14(33-11-3-10-28-21(31)24(25,26)27)12-18(22)19(29-32)13-15-16-4-5-20(30)23(16,2)9-7-17(15)22/h14-19H,3-13H2,1-2H3,(H,28,31)/t14-,15+,16+,17+,18?,19?,22-,23+/m1/s1. The first-order chi connectivity index (χ1) is 15.5. The molecule has 0 aromatic heterocycles. The predicted molar refractivity (Wildman–Crippen MR) is 122 cm³/mol. The first-order valence-electron chi connectivity index (χ1n) is 12.3. The lowest BCUT2D eigenvalue weighted by Gasteiger charge is -2.61. The summed E-state index contributed by atoms with van der Waals surface area (Å²) in [6.45, 7) is 4.51. The van der Waals surface area contributed by atoms with E-state index in [9.17, 15) is 27.7 Å². The van der Waals surface area contributed by atoms with Crippen LogP contribution in [0.5, 0.6) is 0 Å². The summed E-state index contributed by atoms with van der Waals surface area (Å²) in [7, 11) is 0. The van der Waals surface area contributed by atoms with Crippen molar-refractivity contribution in [2.45, 2.75) is 89.1 Å². The number of fused-ring (bicyclic) bond motifs is 5. The molecular weight excluding hydrogens is 453 g/mol. The minimum Gasteiger partial charge on any atom is -0.348 e. The van der Waals surface area contributed by atoms with E-state index in [1.54, 1.807) is 11.8 Å². The maximum atomic E-state index is 12.6. The van der Waals surface area contributed by atoms with Gasteiger partial charge in [0.15, 0.2) is 0 Å². The van der Waals surface area contributed by atoms with Crippen LogP contribution in [0.2, 0.25) is 0 Å². The Bertz CT molecular complexity index is 793. The molecule has 4 rings (SSSR count). The molecule has 33 heavy (non-hydrogen) atoms. The van der Waals surface area contributed by atoms with E-state index in [1.165, 1.54) is 0 Å². The van der Waals surface area contributed by atoms with Gasteiger partial charge in [-0.2, -0.15) is 29.8 Å². The number of carbonyl (C=O) groups excluding carboxylic acids is 2. The minimum atomic E-state index is -4.83. The molecule has 0 aromatic carbocycles. The Kier molecular flexibility index (Phi) is 6.93. The van der Waals surface area contributed by atoms with Gasteiger partial charge >= 0.3 is 12.1 Å². The van der Waals surface area contributed by atoms with Crippen LogP contribution in [-0.2, 0) is 9.59 Å². The fraction of sp³-hybridized carbons (Fsp3) is 0.917. The second-order valence-corrected chi connectivity index (χ2v) is 12.6. The normalized spacial score (nSPS) is 42.8. The number of hydrogen-bond donors (Lipinski definition) is 1. The van der Waals surface area contributed by atoms with Gasteiger partial charge in [-0.1, -0.05) is 19.0 Å². The van der Waals surface area contributed by atoms with E-state index in [2.05, 4.69) is 19.0 Å². The van der Waals surface area contributed by atoms with Crippen LogP contribution in [0, 0.1) is 39.4 Å². The number of Topliss-reactive ketones (excluding diaryl/α,β-unsaturated/α-hetero) is 1. The number of nitroso groups, excluding NO2 is 1. The summed E-state index contributed by atoms with van der Waals surface area (Å²) in [4.78, 5) is 35.5. The highest BCUT2D eigenvalue weighted by Gasteiger charge is 2.62. The lowest BCUT2D eigenvalue weighted by atomic mass is 9.44.